The Kier molecular flexibility index (Phi) is 5.12. The topological polar surface area (TPSA) is 68.3 Å². The Balaban J connectivity index is 1.82. The van der Waals surface area contributed by atoms with Gasteiger partial charge in [0, 0.05) is 24.0 Å². The summed E-state index contributed by atoms with van der Waals surface area (Å²) in [5.41, 5.74) is 0.990. The number of hydrogen-bond donors (Lipinski definition) is 2. The zero-order chi connectivity index (χ0) is 18.5. The molecule has 6 nitrogen and oxygen atoms in total. The van der Waals surface area contributed by atoms with Crippen LogP contribution in [-0.4, -0.2) is 24.2 Å². The van der Waals surface area contributed by atoms with E-state index in [0.717, 1.165) is 12.1 Å². The molecule has 3 rings (SSSR count). The van der Waals surface area contributed by atoms with Gasteiger partial charge < -0.3 is 20.1 Å². The van der Waals surface area contributed by atoms with Gasteiger partial charge in [0.15, 0.2) is 11.6 Å². The zero-order valence-corrected chi connectivity index (χ0v) is 14.1. The summed E-state index contributed by atoms with van der Waals surface area (Å²) in [6, 6.07) is 10.4. The largest absolute Gasteiger partial charge is 0.497 e. The van der Waals surface area contributed by atoms with Crippen molar-refractivity contribution in [1.82, 2.24) is 9.97 Å². The fourth-order valence-corrected chi connectivity index (χ4v) is 2.24. The second-order valence-electron chi connectivity index (χ2n) is 5.21. The van der Waals surface area contributed by atoms with Crippen LogP contribution in [-0.2, 0) is 0 Å². The molecule has 0 atom stereocenters. The Morgan fingerprint density at radius 1 is 0.885 bits per heavy atom. The van der Waals surface area contributed by atoms with E-state index >= 15 is 0 Å². The average Bonchev–Trinajstić information content (AvgIpc) is 2.65. The number of anilines is 4. The highest BCUT2D eigenvalue weighted by Crippen LogP contribution is 2.31. The van der Waals surface area contributed by atoms with Gasteiger partial charge in [-0.25, -0.2) is 13.8 Å². The van der Waals surface area contributed by atoms with E-state index in [0.29, 0.717) is 28.7 Å². The summed E-state index contributed by atoms with van der Waals surface area (Å²) < 4.78 is 36.8. The first-order chi connectivity index (χ1) is 12.6. The maximum absolute atomic E-state index is 13.3. The maximum Gasteiger partial charge on any atom is 0.229 e. The minimum Gasteiger partial charge on any atom is -0.497 e. The fourth-order valence-electron chi connectivity index (χ4n) is 2.24. The predicted octanol–water partition coefficient (Wildman–Crippen LogP) is 4.26. The number of nitrogens with zero attached hydrogens (tertiary/aromatic N) is 2. The van der Waals surface area contributed by atoms with Crippen molar-refractivity contribution in [2.75, 3.05) is 24.9 Å². The number of hydrogen-bond acceptors (Lipinski definition) is 6. The molecule has 0 aliphatic carbocycles. The van der Waals surface area contributed by atoms with Crippen LogP contribution in [0, 0.1) is 11.6 Å². The smallest absolute Gasteiger partial charge is 0.229 e. The molecule has 2 aromatic carbocycles. The van der Waals surface area contributed by atoms with Crippen molar-refractivity contribution in [2.24, 2.45) is 0 Å². The van der Waals surface area contributed by atoms with Gasteiger partial charge in [-0.3, -0.25) is 0 Å². The van der Waals surface area contributed by atoms with Crippen molar-refractivity contribution in [1.29, 1.82) is 0 Å². The molecule has 0 aliphatic heterocycles. The fraction of sp³-hybridized carbons (Fsp3) is 0.111. The Morgan fingerprint density at radius 3 is 2.46 bits per heavy atom. The lowest BCUT2D eigenvalue weighted by atomic mass is 10.2. The average molecular weight is 358 g/mol. The molecular weight excluding hydrogens is 342 g/mol. The van der Waals surface area contributed by atoms with E-state index in [4.69, 9.17) is 9.47 Å². The molecule has 1 aromatic heterocycles. The van der Waals surface area contributed by atoms with E-state index in [1.54, 1.807) is 38.5 Å². The quantitative estimate of drug-likeness (QED) is 0.686. The monoisotopic (exact) mass is 358 g/mol. The molecule has 0 spiro atoms. The van der Waals surface area contributed by atoms with Gasteiger partial charge in [0.05, 0.1) is 19.9 Å². The highest BCUT2D eigenvalue weighted by Gasteiger charge is 2.08. The highest BCUT2D eigenvalue weighted by molar-refractivity contribution is 5.67. The van der Waals surface area contributed by atoms with E-state index < -0.39 is 11.6 Å². The molecule has 0 saturated carbocycles. The van der Waals surface area contributed by atoms with Crippen LogP contribution in [0.1, 0.15) is 0 Å². The third-order valence-electron chi connectivity index (χ3n) is 3.50. The van der Waals surface area contributed by atoms with E-state index in [-0.39, 0.29) is 5.95 Å². The van der Waals surface area contributed by atoms with Crippen LogP contribution in [0.4, 0.5) is 31.9 Å². The first-order valence-corrected chi connectivity index (χ1v) is 7.63. The molecule has 1 heterocycles. The normalized spacial score (nSPS) is 10.3. The molecule has 2 N–H and O–H groups in total. The van der Waals surface area contributed by atoms with E-state index in [1.807, 2.05) is 0 Å². The second kappa shape index (κ2) is 7.64. The minimum atomic E-state index is -0.953. The molecule has 0 amide bonds. The Morgan fingerprint density at radius 2 is 1.73 bits per heavy atom. The number of benzene rings is 2. The predicted molar refractivity (Wildman–Crippen MR) is 94.5 cm³/mol. The van der Waals surface area contributed by atoms with Crippen LogP contribution in [0.25, 0.3) is 0 Å². The molecule has 8 heteroatoms. The first kappa shape index (κ1) is 17.4. The number of ether oxygens (including phenoxy) is 2. The Hall–Kier alpha value is -3.42. The van der Waals surface area contributed by atoms with Gasteiger partial charge in [0.1, 0.15) is 17.3 Å². The molecule has 0 radical (unpaired) electrons. The van der Waals surface area contributed by atoms with Gasteiger partial charge in [-0.1, -0.05) is 0 Å². The van der Waals surface area contributed by atoms with Crippen LogP contribution in [0.3, 0.4) is 0 Å². The van der Waals surface area contributed by atoms with Crippen molar-refractivity contribution in [2.45, 2.75) is 0 Å². The van der Waals surface area contributed by atoms with Crippen LogP contribution >= 0.6 is 0 Å². The molecule has 0 bridgehead atoms. The van der Waals surface area contributed by atoms with E-state index in [2.05, 4.69) is 20.6 Å². The van der Waals surface area contributed by atoms with E-state index in [1.165, 1.54) is 12.3 Å². The zero-order valence-electron chi connectivity index (χ0n) is 14.1. The van der Waals surface area contributed by atoms with Crippen LogP contribution in [0.2, 0.25) is 0 Å². The van der Waals surface area contributed by atoms with Crippen molar-refractivity contribution in [3.63, 3.8) is 0 Å². The van der Waals surface area contributed by atoms with Gasteiger partial charge in [-0.2, -0.15) is 4.98 Å². The molecule has 134 valence electrons. The summed E-state index contributed by atoms with van der Waals surface area (Å²) in [6.07, 6.45) is 1.53. The SMILES string of the molecule is COc1ccc(OC)c(Nc2ccnc(Nc3ccc(F)c(F)c3)n2)c1. The Labute approximate surface area is 148 Å². The summed E-state index contributed by atoms with van der Waals surface area (Å²) in [5, 5.41) is 5.94. The van der Waals surface area contributed by atoms with Crippen LogP contribution < -0.4 is 20.1 Å². The van der Waals surface area contributed by atoms with Crippen molar-refractivity contribution >= 4 is 23.1 Å². The molecule has 0 aliphatic rings. The number of methoxy groups -OCH3 is 2. The van der Waals surface area contributed by atoms with Crippen LogP contribution in [0.5, 0.6) is 11.5 Å². The van der Waals surface area contributed by atoms with Crippen molar-refractivity contribution in [3.05, 3.63) is 60.3 Å². The lowest BCUT2D eigenvalue weighted by Gasteiger charge is -2.13. The molecule has 26 heavy (non-hydrogen) atoms. The van der Waals surface area contributed by atoms with Crippen molar-refractivity contribution < 1.29 is 18.3 Å². The third kappa shape index (κ3) is 3.97. The van der Waals surface area contributed by atoms with Crippen LogP contribution in [0.15, 0.2) is 48.7 Å². The summed E-state index contributed by atoms with van der Waals surface area (Å²) >= 11 is 0. The summed E-state index contributed by atoms with van der Waals surface area (Å²) in [6.45, 7) is 0. The summed E-state index contributed by atoms with van der Waals surface area (Å²) in [4.78, 5) is 8.37. The van der Waals surface area contributed by atoms with Gasteiger partial charge in [-0.05, 0) is 30.3 Å². The second-order valence-corrected chi connectivity index (χ2v) is 5.21. The van der Waals surface area contributed by atoms with Gasteiger partial charge in [0.2, 0.25) is 5.95 Å². The molecule has 0 fully saturated rings. The maximum atomic E-state index is 13.3. The molecule has 0 unspecified atom stereocenters. The minimum absolute atomic E-state index is 0.225. The molecular formula is C18H16F2N4O2. The molecule has 3 aromatic rings. The van der Waals surface area contributed by atoms with Crippen molar-refractivity contribution in [3.8, 4) is 11.5 Å². The molecule has 0 saturated heterocycles. The number of rotatable bonds is 6. The van der Waals surface area contributed by atoms with Gasteiger partial charge >= 0.3 is 0 Å². The highest BCUT2D eigenvalue weighted by atomic mass is 19.2. The van der Waals surface area contributed by atoms with Gasteiger partial charge in [0.25, 0.3) is 0 Å². The summed E-state index contributed by atoms with van der Waals surface area (Å²) in [7, 11) is 3.13. The lowest BCUT2D eigenvalue weighted by molar-refractivity contribution is 0.405. The standard InChI is InChI=1S/C18H16F2N4O2/c1-25-12-4-6-16(26-2)15(10-12)23-17-7-8-21-18(24-17)22-11-3-5-13(19)14(20)9-11/h3-10H,1-2H3,(H2,21,22,23,24). The third-order valence-corrected chi connectivity index (χ3v) is 3.50. The lowest BCUT2D eigenvalue weighted by Crippen LogP contribution is -2.02. The van der Waals surface area contributed by atoms with Gasteiger partial charge in [-0.15, -0.1) is 0 Å². The Bertz CT molecular complexity index is 921. The number of nitrogens with one attached hydrogen (secondary N) is 2. The first-order valence-electron chi connectivity index (χ1n) is 7.63. The number of halogens is 2. The summed E-state index contributed by atoms with van der Waals surface area (Å²) in [5.74, 6) is 0.101. The number of aromatic nitrogens is 2. The van der Waals surface area contributed by atoms with E-state index in [9.17, 15) is 8.78 Å².